The van der Waals surface area contributed by atoms with E-state index in [9.17, 15) is 5.11 Å². The first-order chi connectivity index (χ1) is 13.6. The number of nitrogens with two attached hydrogens (primary N) is 1. The number of aliphatic hydroxyl groups excluding tert-OH is 1. The van der Waals surface area contributed by atoms with Crippen LogP contribution in [0.2, 0.25) is 0 Å². The molecule has 1 fully saturated rings. The van der Waals surface area contributed by atoms with Gasteiger partial charge < -0.3 is 20.9 Å². The van der Waals surface area contributed by atoms with Crippen LogP contribution in [-0.4, -0.2) is 56.4 Å². The predicted octanol–water partition coefficient (Wildman–Crippen LogP) is 1.77. The summed E-state index contributed by atoms with van der Waals surface area (Å²) in [6.45, 7) is 4.65. The molecular weight excluding hydrogens is 356 g/mol. The third-order valence-electron chi connectivity index (χ3n) is 4.88. The van der Waals surface area contributed by atoms with E-state index in [0.717, 1.165) is 34.9 Å². The number of hydrogen-bond donors (Lipinski definition) is 3. The van der Waals surface area contributed by atoms with Gasteiger partial charge in [-0.05, 0) is 37.1 Å². The molecule has 2 atom stereocenters. The molecule has 0 aliphatic carbocycles. The van der Waals surface area contributed by atoms with Gasteiger partial charge >= 0.3 is 0 Å². The summed E-state index contributed by atoms with van der Waals surface area (Å²) in [5.41, 5.74) is 8.97. The Balaban J connectivity index is 1.61. The second-order valence-corrected chi connectivity index (χ2v) is 7.17. The van der Waals surface area contributed by atoms with Crippen molar-refractivity contribution in [3.8, 4) is 5.75 Å². The van der Waals surface area contributed by atoms with Gasteiger partial charge in [-0.2, -0.15) is 5.10 Å². The van der Waals surface area contributed by atoms with E-state index in [-0.39, 0.29) is 12.1 Å². The largest absolute Gasteiger partial charge is 0.494 e. The third-order valence-corrected chi connectivity index (χ3v) is 4.88. The molecule has 8 nitrogen and oxygen atoms in total. The Morgan fingerprint density at radius 3 is 3.04 bits per heavy atom. The van der Waals surface area contributed by atoms with Crippen molar-refractivity contribution in [2.24, 2.45) is 5.73 Å². The highest BCUT2D eigenvalue weighted by molar-refractivity contribution is 5.76. The average molecular weight is 382 g/mol. The van der Waals surface area contributed by atoms with Gasteiger partial charge in [0.05, 0.1) is 12.7 Å². The molecule has 3 aromatic rings. The number of benzene rings is 1. The topological polar surface area (TPSA) is 101 Å². The summed E-state index contributed by atoms with van der Waals surface area (Å²) in [6, 6.07) is 9.83. The molecule has 2 aromatic heterocycles. The number of nitrogens with zero attached hydrogens (tertiary/aromatic N) is 4. The molecule has 1 unspecified atom stereocenters. The quantitative estimate of drug-likeness (QED) is 0.597. The van der Waals surface area contributed by atoms with Crippen LogP contribution in [0.25, 0.3) is 5.52 Å². The Labute approximate surface area is 163 Å². The van der Waals surface area contributed by atoms with Crippen LogP contribution in [0.3, 0.4) is 0 Å². The predicted molar refractivity (Wildman–Crippen MR) is 108 cm³/mol. The average Bonchev–Trinajstić information content (AvgIpc) is 3.05. The third kappa shape index (κ3) is 4.09. The van der Waals surface area contributed by atoms with Gasteiger partial charge in [-0.25, -0.2) is 9.50 Å². The van der Waals surface area contributed by atoms with Crippen molar-refractivity contribution in [2.75, 3.05) is 25.0 Å². The van der Waals surface area contributed by atoms with Crippen molar-refractivity contribution in [3.63, 3.8) is 0 Å². The summed E-state index contributed by atoms with van der Waals surface area (Å²) in [5.74, 6) is 1.54. The van der Waals surface area contributed by atoms with Crippen LogP contribution in [0.1, 0.15) is 18.9 Å². The molecule has 0 bridgehead atoms. The normalized spacial score (nSPS) is 20.4. The summed E-state index contributed by atoms with van der Waals surface area (Å²) >= 11 is 0. The highest BCUT2D eigenvalue weighted by Crippen LogP contribution is 2.26. The second kappa shape index (κ2) is 8.14. The Kier molecular flexibility index (Phi) is 5.43. The van der Waals surface area contributed by atoms with Crippen LogP contribution in [0.15, 0.2) is 42.9 Å². The molecule has 1 saturated heterocycles. The number of ether oxygens (including phenoxy) is 1. The first kappa shape index (κ1) is 18.7. The molecule has 0 saturated carbocycles. The maximum Gasteiger partial charge on any atom is 0.158 e. The second-order valence-electron chi connectivity index (χ2n) is 7.17. The first-order valence-electron chi connectivity index (χ1n) is 9.59. The number of fused-ring (bicyclic) bond motifs is 1. The molecule has 4 N–H and O–H groups in total. The van der Waals surface area contributed by atoms with Crippen LogP contribution in [0.5, 0.6) is 5.75 Å². The van der Waals surface area contributed by atoms with Gasteiger partial charge in [0.1, 0.15) is 17.6 Å². The van der Waals surface area contributed by atoms with E-state index in [4.69, 9.17) is 10.5 Å². The van der Waals surface area contributed by atoms with Crippen LogP contribution in [0.4, 0.5) is 11.5 Å². The van der Waals surface area contributed by atoms with E-state index in [0.29, 0.717) is 26.1 Å². The lowest BCUT2D eigenvalue weighted by atomic mass is 10.0. The van der Waals surface area contributed by atoms with Crippen LogP contribution < -0.4 is 15.8 Å². The zero-order chi connectivity index (χ0) is 19.5. The minimum Gasteiger partial charge on any atom is -0.494 e. The number of aromatic nitrogens is 3. The minimum absolute atomic E-state index is 0.00668. The monoisotopic (exact) mass is 382 g/mol. The van der Waals surface area contributed by atoms with Crippen molar-refractivity contribution in [1.29, 1.82) is 0 Å². The van der Waals surface area contributed by atoms with Crippen LogP contribution in [-0.2, 0) is 6.54 Å². The molecule has 8 heteroatoms. The minimum atomic E-state index is -0.382. The zero-order valence-electron chi connectivity index (χ0n) is 16.0. The lowest BCUT2D eigenvalue weighted by Gasteiger charge is -2.33. The van der Waals surface area contributed by atoms with E-state index >= 15 is 0 Å². The molecule has 4 rings (SSSR count). The van der Waals surface area contributed by atoms with E-state index in [2.05, 4.69) is 20.3 Å². The highest BCUT2D eigenvalue weighted by atomic mass is 16.5. The lowest BCUT2D eigenvalue weighted by molar-refractivity contribution is 0.0567. The SMILES string of the molecule is CCOc1cccc(Nc2ncnn3ccc(CN4CC(N)C[C@@H](O)C4)c23)c1. The fourth-order valence-corrected chi connectivity index (χ4v) is 3.78. The molecule has 1 aromatic carbocycles. The zero-order valence-corrected chi connectivity index (χ0v) is 16.0. The number of β-amino-alcohol motifs (C(OH)–C–C–N with tert-alkyl or cyclic N) is 1. The number of likely N-dealkylation sites (tertiary alicyclic amines) is 1. The molecule has 0 amide bonds. The van der Waals surface area contributed by atoms with Crippen molar-refractivity contribution >= 4 is 17.0 Å². The maximum absolute atomic E-state index is 10.0. The smallest absolute Gasteiger partial charge is 0.158 e. The molecule has 0 radical (unpaired) electrons. The standard InChI is InChI=1S/C20H26N6O2/c1-2-28-18-5-3-4-16(9-18)24-20-19-14(6-7-26(19)23-13-22-20)10-25-11-15(21)8-17(27)12-25/h3-7,9,13,15,17,27H,2,8,10-12,21H2,1H3,(H,22,23,24)/t15?,17-/m1/s1. The Morgan fingerprint density at radius 1 is 1.32 bits per heavy atom. The van der Waals surface area contributed by atoms with E-state index < -0.39 is 0 Å². The summed E-state index contributed by atoms with van der Waals surface area (Å²) < 4.78 is 7.40. The molecular formula is C20H26N6O2. The fraction of sp³-hybridized carbons (Fsp3) is 0.400. The number of nitrogens with one attached hydrogen (secondary N) is 1. The fourth-order valence-electron chi connectivity index (χ4n) is 3.78. The van der Waals surface area contributed by atoms with Gasteiger partial charge in [0, 0.05) is 43.6 Å². The summed E-state index contributed by atoms with van der Waals surface area (Å²) in [5, 5.41) is 17.7. The number of piperidine rings is 1. The number of rotatable bonds is 6. The van der Waals surface area contributed by atoms with Crippen molar-refractivity contribution in [3.05, 3.63) is 48.4 Å². The molecule has 1 aliphatic rings. The van der Waals surface area contributed by atoms with Gasteiger partial charge in [0.15, 0.2) is 5.82 Å². The molecule has 28 heavy (non-hydrogen) atoms. The Bertz CT molecular complexity index is 933. The maximum atomic E-state index is 10.0. The molecule has 3 heterocycles. The van der Waals surface area contributed by atoms with Gasteiger partial charge in [0.2, 0.25) is 0 Å². The van der Waals surface area contributed by atoms with Crippen molar-refractivity contribution in [1.82, 2.24) is 19.5 Å². The Hall–Kier alpha value is -2.68. The van der Waals surface area contributed by atoms with Gasteiger partial charge in [0.25, 0.3) is 0 Å². The molecule has 0 spiro atoms. The number of aliphatic hydroxyl groups is 1. The van der Waals surface area contributed by atoms with E-state index in [1.807, 2.05) is 48.0 Å². The summed E-state index contributed by atoms with van der Waals surface area (Å²) in [6.07, 6.45) is 3.73. The lowest BCUT2D eigenvalue weighted by Crippen LogP contribution is -2.48. The summed E-state index contributed by atoms with van der Waals surface area (Å²) in [4.78, 5) is 6.64. The van der Waals surface area contributed by atoms with Crippen LogP contribution >= 0.6 is 0 Å². The van der Waals surface area contributed by atoms with Gasteiger partial charge in [-0.1, -0.05) is 6.07 Å². The van der Waals surface area contributed by atoms with E-state index in [1.165, 1.54) is 6.33 Å². The number of anilines is 2. The summed E-state index contributed by atoms with van der Waals surface area (Å²) in [7, 11) is 0. The Morgan fingerprint density at radius 2 is 2.21 bits per heavy atom. The van der Waals surface area contributed by atoms with Crippen molar-refractivity contribution in [2.45, 2.75) is 32.0 Å². The number of hydrogen-bond acceptors (Lipinski definition) is 7. The van der Waals surface area contributed by atoms with Gasteiger partial charge in [-0.3, -0.25) is 4.90 Å². The molecule has 1 aliphatic heterocycles. The van der Waals surface area contributed by atoms with Crippen molar-refractivity contribution < 1.29 is 9.84 Å². The highest BCUT2D eigenvalue weighted by Gasteiger charge is 2.24. The first-order valence-corrected chi connectivity index (χ1v) is 9.59. The van der Waals surface area contributed by atoms with E-state index in [1.54, 1.807) is 0 Å². The molecule has 148 valence electrons. The van der Waals surface area contributed by atoms with Gasteiger partial charge in [-0.15, -0.1) is 0 Å². The van der Waals surface area contributed by atoms with Crippen LogP contribution in [0, 0.1) is 0 Å².